The van der Waals surface area contributed by atoms with Crippen molar-refractivity contribution in [1.29, 1.82) is 0 Å². The Labute approximate surface area is 701 Å². The Morgan fingerprint density at radius 2 is 1.05 bits per heavy atom. The number of hydrogen-bond donors (Lipinski definition) is 9. The van der Waals surface area contributed by atoms with Crippen molar-refractivity contribution < 1.29 is 85.7 Å². The van der Waals surface area contributed by atoms with E-state index in [1.807, 2.05) is 53.4 Å². The number of anilines is 4. The van der Waals surface area contributed by atoms with Crippen molar-refractivity contribution in [2.24, 2.45) is 32.8 Å². The molecule has 36 heteroatoms. The molecule has 6 heterocycles. The first-order valence-electron chi connectivity index (χ1n) is 41.1. The number of piperidine rings is 1. The number of aryl methyl sites for hydroxylation is 3. The van der Waals surface area contributed by atoms with Crippen molar-refractivity contribution in [3.05, 3.63) is 131 Å². The van der Waals surface area contributed by atoms with Gasteiger partial charge in [-0.15, -0.1) is 0 Å². The standard InChI is InChI=1S/C83H122ClN17O18/c1-60-52-71(91-67-13-11-66(84)12-14-67)69-53-65(10-15-73(69)101(60)61(2)102)63-6-8-64(9-7-63)80(105)89-24-31-109-34-37-112-40-42-114-44-46-116-48-49-117-47-45-115-43-41-113-38-35-110-32-25-90-82(107)78-95-75(58-98(78)5)94-76(103)19-23-88-81(106)74-54-68(56-96(74)3)92-83(108)79-93-72(57-97(79)4)70(85)18-22-87-77(104)59-119-51-50-118-39-36-111-33-30-99-26-28-100(29-27-99)55-62-16-20-86-21-17-62/h6-15,53-54,56-58,60,62,70-71,86,91H,16-52,55,59,85H2,1-5H3,(H,87,104)(H,88,106)(H,89,105)(H,90,107)(H,92,108)(H,94,103)/t60-,70?,71+/m0/s1. The van der Waals surface area contributed by atoms with Crippen LogP contribution in [0.25, 0.3) is 11.1 Å². The van der Waals surface area contributed by atoms with E-state index in [4.69, 9.17) is 69.4 Å². The molecule has 9 rings (SSSR count). The van der Waals surface area contributed by atoms with Crippen molar-refractivity contribution in [3.63, 3.8) is 0 Å². The highest BCUT2D eigenvalue weighted by atomic mass is 35.5. The van der Waals surface area contributed by atoms with Gasteiger partial charge in [-0.3, -0.25) is 38.5 Å². The Balaban J connectivity index is 0.498. The van der Waals surface area contributed by atoms with E-state index in [1.54, 1.807) is 57.2 Å². The number of halogens is 1. The van der Waals surface area contributed by atoms with Gasteiger partial charge in [0.25, 0.3) is 23.6 Å². The number of imidazole rings is 2. The van der Waals surface area contributed by atoms with Crippen LogP contribution in [-0.2, 0) is 87.6 Å². The summed E-state index contributed by atoms with van der Waals surface area (Å²) in [7, 11) is 4.93. The Bertz CT molecular complexity index is 4060. The van der Waals surface area contributed by atoms with Gasteiger partial charge < -0.3 is 124 Å². The Morgan fingerprint density at radius 3 is 1.65 bits per heavy atom. The van der Waals surface area contributed by atoms with Gasteiger partial charge in [0, 0.05) is 147 Å². The first kappa shape index (κ1) is 94.0. The fraction of sp³-hybridized carbons (Fsp3) is 0.578. The molecule has 3 aliphatic heterocycles. The van der Waals surface area contributed by atoms with Gasteiger partial charge in [-0.2, -0.15) is 0 Å². The van der Waals surface area contributed by atoms with Crippen LogP contribution in [0.3, 0.4) is 0 Å². The maximum absolute atomic E-state index is 13.4. The quantitative estimate of drug-likeness (QED) is 0.0236. The molecular weight excluding hydrogens is 1560 g/mol. The van der Waals surface area contributed by atoms with Crippen LogP contribution in [-0.4, -0.2) is 305 Å². The summed E-state index contributed by atoms with van der Waals surface area (Å²) in [6.07, 6.45) is 8.28. The monoisotopic (exact) mass is 1680 g/mol. The zero-order valence-electron chi connectivity index (χ0n) is 69.4. The molecule has 7 amide bonds. The van der Waals surface area contributed by atoms with Crippen LogP contribution in [0.2, 0.25) is 5.02 Å². The highest BCUT2D eigenvalue weighted by Crippen LogP contribution is 2.41. The Kier molecular flexibility index (Phi) is 41.4. The fourth-order valence-electron chi connectivity index (χ4n) is 13.8. The number of nitrogens with two attached hydrogens (primary N) is 1. The fourth-order valence-corrected chi connectivity index (χ4v) is 13.9. The Morgan fingerprint density at radius 1 is 0.521 bits per heavy atom. The van der Waals surface area contributed by atoms with E-state index >= 15 is 0 Å². The molecule has 3 atom stereocenters. The van der Waals surface area contributed by atoms with Crippen LogP contribution in [0.5, 0.6) is 0 Å². The SMILES string of the molecule is CC(=O)N1c2ccc(-c3ccc(C(=O)NCCOCCOCCOCCOCCOCCOCCOCCOCCNC(=O)c4nc(NC(=O)CCNC(=O)c5cc(NC(=O)c6nc(C(N)CCNC(=O)COCCOCCOCCN7CCN(CC8CCNCC8)CC7)cn6C)cn5C)cn4C)cc3)cc2[C@H](Nc2ccc(Cl)cc2)C[C@@H]1C. The lowest BCUT2D eigenvalue weighted by atomic mass is 9.88. The topological polar surface area (TPSA) is 394 Å². The second kappa shape index (κ2) is 52.4. The zero-order chi connectivity index (χ0) is 84.4. The summed E-state index contributed by atoms with van der Waals surface area (Å²) in [5.74, 6) is -1.28. The average Bonchev–Trinajstić information content (AvgIpc) is 1.73. The van der Waals surface area contributed by atoms with E-state index in [1.165, 1.54) is 40.8 Å². The molecule has 2 saturated heterocycles. The normalized spacial score (nSPS) is 15.5. The van der Waals surface area contributed by atoms with Crippen LogP contribution < -0.4 is 53.2 Å². The van der Waals surface area contributed by atoms with Gasteiger partial charge in [-0.05, 0) is 123 Å². The maximum Gasteiger partial charge on any atom is 0.291 e. The minimum absolute atomic E-state index is 0.00334. The molecule has 0 spiro atoms. The third kappa shape index (κ3) is 33.2. The second-order valence-electron chi connectivity index (χ2n) is 29.2. The largest absolute Gasteiger partial charge is 0.378 e. The maximum atomic E-state index is 13.4. The van der Waals surface area contributed by atoms with E-state index in [0.717, 1.165) is 86.2 Å². The summed E-state index contributed by atoms with van der Waals surface area (Å²) < 4.78 is 66.1. The number of carbonyl (C=O) groups excluding carboxylic acids is 7. The van der Waals surface area contributed by atoms with E-state index in [-0.39, 0.29) is 98.8 Å². The second-order valence-corrected chi connectivity index (χ2v) is 29.6. The number of benzene rings is 3. The smallest absolute Gasteiger partial charge is 0.291 e. The third-order valence-corrected chi connectivity index (χ3v) is 20.3. The lowest BCUT2D eigenvalue weighted by Crippen LogP contribution is -2.49. The zero-order valence-corrected chi connectivity index (χ0v) is 70.2. The number of nitrogens with zero attached hydrogens (tertiary/aromatic N) is 8. The van der Waals surface area contributed by atoms with Crippen molar-refractivity contribution in [2.45, 2.75) is 64.1 Å². The van der Waals surface area contributed by atoms with Crippen LogP contribution in [0.15, 0.2) is 91.4 Å². The van der Waals surface area contributed by atoms with Gasteiger partial charge in [-0.25, -0.2) is 9.97 Å². The van der Waals surface area contributed by atoms with E-state index < -0.39 is 29.7 Å². The molecule has 6 aromatic rings. The summed E-state index contributed by atoms with van der Waals surface area (Å²) in [4.78, 5) is 106. The van der Waals surface area contributed by atoms with Crippen molar-refractivity contribution in [1.82, 2.24) is 60.1 Å². The molecule has 35 nitrogen and oxygen atoms in total. The van der Waals surface area contributed by atoms with E-state index in [2.05, 4.69) is 75.3 Å². The van der Waals surface area contributed by atoms with Crippen LogP contribution >= 0.6 is 11.6 Å². The molecule has 3 aromatic heterocycles. The van der Waals surface area contributed by atoms with Crippen molar-refractivity contribution in [2.75, 3.05) is 245 Å². The first-order valence-corrected chi connectivity index (χ1v) is 41.5. The molecule has 3 aromatic carbocycles. The number of ether oxygens (including phenoxy) is 11. The molecular formula is C83H122ClN17O18. The highest BCUT2D eigenvalue weighted by molar-refractivity contribution is 6.30. The number of carbonyl (C=O) groups is 7. The van der Waals surface area contributed by atoms with Gasteiger partial charge >= 0.3 is 0 Å². The van der Waals surface area contributed by atoms with Gasteiger partial charge in [0.2, 0.25) is 23.5 Å². The van der Waals surface area contributed by atoms with Crippen LogP contribution in [0.4, 0.5) is 22.9 Å². The number of nitrogens with one attached hydrogen (secondary N) is 8. The summed E-state index contributed by atoms with van der Waals surface area (Å²) >= 11 is 6.14. The summed E-state index contributed by atoms with van der Waals surface area (Å²) in [5, 5.41) is 24.3. The molecule has 654 valence electrons. The van der Waals surface area contributed by atoms with Crippen LogP contribution in [0, 0.1) is 5.92 Å². The highest BCUT2D eigenvalue weighted by Gasteiger charge is 2.33. The number of fused-ring (bicyclic) bond motifs is 1. The summed E-state index contributed by atoms with van der Waals surface area (Å²) in [6.45, 7) is 21.4. The summed E-state index contributed by atoms with van der Waals surface area (Å²) in [5.41, 5.74) is 12.7. The third-order valence-electron chi connectivity index (χ3n) is 20.1. The lowest BCUT2D eigenvalue weighted by molar-refractivity contribution is -0.126. The molecule has 1 unspecified atom stereocenters. The van der Waals surface area contributed by atoms with Gasteiger partial charge in [0.15, 0.2) is 11.6 Å². The predicted octanol–water partition coefficient (Wildman–Crippen LogP) is 4.59. The predicted molar refractivity (Wildman–Crippen MR) is 449 cm³/mol. The number of rotatable bonds is 56. The average molecular weight is 1680 g/mol. The minimum atomic E-state index is -0.578. The van der Waals surface area contributed by atoms with Gasteiger partial charge in [0.1, 0.15) is 12.3 Å². The molecule has 0 radical (unpaired) electrons. The number of piperazine rings is 1. The molecule has 2 fully saturated rings. The minimum Gasteiger partial charge on any atom is -0.378 e. The lowest BCUT2D eigenvalue weighted by Gasteiger charge is -2.39. The van der Waals surface area contributed by atoms with Crippen molar-refractivity contribution >= 4 is 75.8 Å². The summed E-state index contributed by atoms with van der Waals surface area (Å²) in [6, 6.07) is 22.1. The van der Waals surface area contributed by atoms with Gasteiger partial charge in [-0.1, -0.05) is 29.8 Å². The Hall–Kier alpha value is -8.86. The molecule has 0 bridgehead atoms. The van der Waals surface area contributed by atoms with Gasteiger partial charge in [0.05, 0.1) is 162 Å². The van der Waals surface area contributed by atoms with Crippen molar-refractivity contribution in [3.8, 4) is 11.1 Å². The molecule has 0 saturated carbocycles. The molecule has 119 heavy (non-hydrogen) atoms. The van der Waals surface area contributed by atoms with E-state index in [0.29, 0.717) is 160 Å². The molecule has 0 aliphatic carbocycles. The number of amides is 7. The first-order chi connectivity index (χ1) is 57.8. The van der Waals surface area contributed by atoms with Crippen LogP contribution in [0.1, 0.15) is 111 Å². The molecule has 10 N–H and O–H groups in total. The molecule has 3 aliphatic rings. The number of aromatic nitrogens is 5. The van der Waals surface area contributed by atoms with E-state index in [9.17, 15) is 33.6 Å². The number of hydrogen-bond acceptors (Lipinski definition) is 25.